The fraction of sp³-hybridized carbons (Fsp3) is 0.381. The van der Waals surface area contributed by atoms with E-state index in [-0.39, 0.29) is 6.61 Å². The second-order valence-corrected chi connectivity index (χ2v) is 7.17. The van der Waals surface area contributed by atoms with Crippen molar-refractivity contribution in [3.05, 3.63) is 59.5 Å². The first kappa shape index (κ1) is 16.3. The van der Waals surface area contributed by atoms with Gasteiger partial charge >= 0.3 is 0 Å². The van der Waals surface area contributed by atoms with Crippen molar-refractivity contribution in [1.29, 1.82) is 0 Å². The van der Waals surface area contributed by atoms with Gasteiger partial charge in [0.25, 0.3) is 0 Å². The van der Waals surface area contributed by atoms with Crippen molar-refractivity contribution < 1.29 is 5.11 Å². The second kappa shape index (κ2) is 6.62. The molecule has 4 rings (SSSR count). The highest BCUT2D eigenvalue weighted by Gasteiger charge is 2.19. The number of nitrogens with zero attached hydrogens (tertiary/aromatic N) is 3. The summed E-state index contributed by atoms with van der Waals surface area (Å²) in [4.78, 5) is 6.96. The van der Waals surface area contributed by atoms with Crippen molar-refractivity contribution in [1.82, 2.24) is 14.3 Å². The van der Waals surface area contributed by atoms with E-state index in [0.717, 1.165) is 29.0 Å². The van der Waals surface area contributed by atoms with Gasteiger partial charge in [0.15, 0.2) is 0 Å². The first-order valence-corrected chi connectivity index (χ1v) is 9.06. The Labute approximate surface area is 148 Å². The summed E-state index contributed by atoms with van der Waals surface area (Å²) in [5, 5.41) is 9.50. The molecule has 1 unspecified atom stereocenters. The maximum Gasteiger partial charge on any atom is 0.139 e. The van der Waals surface area contributed by atoms with Gasteiger partial charge in [-0.2, -0.15) is 0 Å². The van der Waals surface area contributed by atoms with Crippen LogP contribution in [0.1, 0.15) is 36.6 Å². The van der Waals surface area contributed by atoms with Crippen LogP contribution in [-0.4, -0.2) is 32.0 Å². The summed E-state index contributed by atoms with van der Waals surface area (Å²) >= 11 is 0. The van der Waals surface area contributed by atoms with Crippen LogP contribution in [0.25, 0.3) is 16.8 Å². The number of imidazole rings is 1. The Kier molecular flexibility index (Phi) is 4.32. The predicted molar refractivity (Wildman–Crippen MR) is 100 cm³/mol. The molecule has 0 aliphatic carbocycles. The van der Waals surface area contributed by atoms with Gasteiger partial charge in [-0.15, -0.1) is 0 Å². The van der Waals surface area contributed by atoms with Crippen LogP contribution in [0.3, 0.4) is 0 Å². The van der Waals surface area contributed by atoms with E-state index in [2.05, 4.69) is 60.3 Å². The van der Waals surface area contributed by atoms with Crippen LogP contribution in [0.15, 0.2) is 42.7 Å². The van der Waals surface area contributed by atoms with Crippen LogP contribution in [0.5, 0.6) is 0 Å². The lowest BCUT2D eigenvalue weighted by Crippen LogP contribution is -2.26. The Morgan fingerprint density at radius 1 is 1.20 bits per heavy atom. The lowest BCUT2D eigenvalue weighted by molar-refractivity contribution is 0.260. The molecule has 0 amide bonds. The molecule has 0 bridgehead atoms. The lowest BCUT2D eigenvalue weighted by Gasteiger charge is -2.21. The number of hydrogen-bond donors (Lipinski definition) is 1. The summed E-state index contributed by atoms with van der Waals surface area (Å²) in [6.07, 6.45) is 6.44. The van der Waals surface area contributed by atoms with Gasteiger partial charge in [-0.05, 0) is 61.6 Å². The van der Waals surface area contributed by atoms with Gasteiger partial charge in [-0.1, -0.05) is 24.3 Å². The topological polar surface area (TPSA) is 40.8 Å². The summed E-state index contributed by atoms with van der Waals surface area (Å²) in [5.41, 5.74) is 6.56. The molecule has 0 saturated carbocycles. The fourth-order valence-corrected chi connectivity index (χ4v) is 3.85. The summed E-state index contributed by atoms with van der Waals surface area (Å²) in [6, 6.07) is 11.7. The molecular weight excluding hydrogens is 310 g/mol. The number of aliphatic hydroxyl groups is 1. The predicted octanol–water partition coefficient (Wildman–Crippen LogP) is 3.79. The molecule has 3 aromatic rings. The normalized spacial score (nSPS) is 18.3. The minimum Gasteiger partial charge on any atom is -0.390 e. The van der Waals surface area contributed by atoms with Crippen molar-refractivity contribution in [2.45, 2.75) is 45.9 Å². The minimum atomic E-state index is -0.00296. The molecule has 4 heteroatoms. The van der Waals surface area contributed by atoms with Crippen molar-refractivity contribution in [3.63, 3.8) is 0 Å². The number of aromatic nitrogens is 2. The van der Waals surface area contributed by atoms with E-state index in [0.29, 0.717) is 6.04 Å². The first-order chi connectivity index (χ1) is 12.2. The summed E-state index contributed by atoms with van der Waals surface area (Å²) in [7, 11) is 0. The van der Waals surface area contributed by atoms with Crippen LogP contribution in [0.4, 0.5) is 0 Å². The third-order valence-corrected chi connectivity index (χ3v) is 5.39. The van der Waals surface area contributed by atoms with Gasteiger partial charge in [0.05, 0.1) is 18.5 Å². The molecule has 1 saturated heterocycles. The van der Waals surface area contributed by atoms with Crippen molar-refractivity contribution in [3.8, 4) is 11.1 Å². The van der Waals surface area contributed by atoms with Gasteiger partial charge < -0.3 is 9.51 Å². The molecule has 1 aliphatic heterocycles. The molecular formula is C21H25N3O. The molecule has 0 radical (unpaired) electrons. The molecule has 1 aliphatic rings. The number of benzene rings is 1. The molecule has 1 fully saturated rings. The van der Waals surface area contributed by atoms with Gasteiger partial charge in [-0.3, -0.25) is 4.90 Å². The number of fused-ring (bicyclic) bond motifs is 1. The van der Waals surface area contributed by atoms with E-state index < -0.39 is 0 Å². The maximum atomic E-state index is 9.50. The van der Waals surface area contributed by atoms with E-state index in [1.54, 1.807) is 6.20 Å². The Morgan fingerprint density at radius 3 is 2.68 bits per heavy atom. The van der Waals surface area contributed by atoms with E-state index in [4.69, 9.17) is 0 Å². The Bertz CT molecular complexity index is 882. The Hall–Kier alpha value is -2.17. The minimum absolute atomic E-state index is 0.00296. The summed E-state index contributed by atoms with van der Waals surface area (Å²) in [6.45, 7) is 6.63. The fourth-order valence-electron chi connectivity index (χ4n) is 3.85. The molecule has 2 aromatic heterocycles. The molecule has 1 N–H and O–H groups in total. The molecule has 130 valence electrons. The third-order valence-electron chi connectivity index (χ3n) is 5.39. The van der Waals surface area contributed by atoms with E-state index in [9.17, 15) is 5.11 Å². The molecule has 25 heavy (non-hydrogen) atoms. The smallest absolute Gasteiger partial charge is 0.139 e. The SMILES string of the molecule is Cc1cc(-c2ccc(CN3CCCC3C)cc2)cn2c(CO)cnc12. The van der Waals surface area contributed by atoms with Crippen LogP contribution >= 0.6 is 0 Å². The third kappa shape index (κ3) is 3.08. The Morgan fingerprint density at radius 2 is 2.00 bits per heavy atom. The zero-order valence-corrected chi connectivity index (χ0v) is 14.9. The zero-order chi connectivity index (χ0) is 17.4. The maximum absolute atomic E-state index is 9.50. The number of rotatable bonds is 4. The van der Waals surface area contributed by atoms with Crippen LogP contribution in [0, 0.1) is 6.92 Å². The number of likely N-dealkylation sites (tertiary alicyclic amines) is 1. The standard InChI is InChI=1S/C21H25N3O/c1-15-10-19(13-24-20(14-25)11-22-21(15)24)18-7-5-17(6-8-18)12-23-9-3-4-16(23)2/h5-8,10-11,13,16,25H,3-4,9,12,14H2,1-2H3. The van der Waals surface area contributed by atoms with Crippen LogP contribution in [0.2, 0.25) is 0 Å². The summed E-state index contributed by atoms with van der Waals surface area (Å²) < 4.78 is 1.99. The number of aryl methyl sites for hydroxylation is 1. The van der Waals surface area contributed by atoms with Crippen molar-refractivity contribution >= 4 is 5.65 Å². The number of aliphatic hydroxyl groups excluding tert-OH is 1. The van der Waals surface area contributed by atoms with Gasteiger partial charge in [-0.25, -0.2) is 4.98 Å². The highest BCUT2D eigenvalue weighted by atomic mass is 16.3. The second-order valence-electron chi connectivity index (χ2n) is 7.17. The average molecular weight is 335 g/mol. The van der Waals surface area contributed by atoms with Gasteiger partial charge in [0, 0.05) is 18.8 Å². The highest BCUT2D eigenvalue weighted by Crippen LogP contribution is 2.25. The van der Waals surface area contributed by atoms with Crippen molar-refractivity contribution in [2.24, 2.45) is 0 Å². The average Bonchev–Trinajstić information content (AvgIpc) is 3.22. The first-order valence-electron chi connectivity index (χ1n) is 9.06. The van der Waals surface area contributed by atoms with Gasteiger partial charge in [0.1, 0.15) is 5.65 Å². The van der Waals surface area contributed by atoms with Crippen LogP contribution in [-0.2, 0) is 13.2 Å². The largest absolute Gasteiger partial charge is 0.390 e. The number of hydrogen-bond acceptors (Lipinski definition) is 3. The Balaban J connectivity index is 1.62. The highest BCUT2D eigenvalue weighted by molar-refractivity contribution is 5.67. The quantitative estimate of drug-likeness (QED) is 0.789. The molecule has 4 nitrogen and oxygen atoms in total. The molecule has 3 heterocycles. The summed E-state index contributed by atoms with van der Waals surface area (Å²) in [5.74, 6) is 0. The van der Waals surface area contributed by atoms with E-state index in [1.165, 1.54) is 30.5 Å². The van der Waals surface area contributed by atoms with Gasteiger partial charge in [0.2, 0.25) is 0 Å². The molecule has 1 atom stereocenters. The lowest BCUT2D eigenvalue weighted by atomic mass is 10.0. The molecule has 1 aromatic carbocycles. The molecule has 0 spiro atoms. The monoisotopic (exact) mass is 335 g/mol. The van der Waals surface area contributed by atoms with Crippen LogP contribution < -0.4 is 0 Å². The van der Waals surface area contributed by atoms with E-state index in [1.807, 2.05) is 4.40 Å². The van der Waals surface area contributed by atoms with Crippen molar-refractivity contribution in [2.75, 3.05) is 6.54 Å². The van der Waals surface area contributed by atoms with E-state index >= 15 is 0 Å². The number of pyridine rings is 1. The zero-order valence-electron chi connectivity index (χ0n) is 14.9.